The molecule has 3 aromatic heterocycles. The summed E-state index contributed by atoms with van der Waals surface area (Å²) in [6, 6.07) is 0. The zero-order valence-corrected chi connectivity index (χ0v) is 12.6. The number of H-pyrrole nitrogens is 1. The lowest BCUT2D eigenvalue weighted by Crippen LogP contribution is -2.14. The van der Waals surface area contributed by atoms with Crippen LogP contribution < -0.4 is 5.56 Å². The molecule has 0 saturated carbocycles. The van der Waals surface area contributed by atoms with Crippen LogP contribution in [0, 0.1) is 13.8 Å². The monoisotopic (exact) mass is 289 g/mol. The molecule has 1 N–H and O–H groups in total. The Balaban J connectivity index is 2.63. The van der Waals surface area contributed by atoms with Gasteiger partial charge < -0.3 is 4.98 Å². The Labute approximate surface area is 119 Å². The van der Waals surface area contributed by atoms with Crippen LogP contribution in [0.1, 0.15) is 24.1 Å². The van der Waals surface area contributed by atoms with Gasteiger partial charge >= 0.3 is 0 Å². The van der Waals surface area contributed by atoms with Crippen LogP contribution in [0.25, 0.3) is 16.7 Å². The number of thioether (sulfide) groups is 1. The molecule has 7 heteroatoms. The van der Waals surface area contributed by atoms with E-state index >= 15 is 0 Å². The van der Waals surface area contributed by atoms with Crippen molar-refractivity contribution in [1.82, 2.24) is 24.3 Å². The number of fused-ring (bicyclic) bond motifs is 3. The molecular weight excluding hydrogens is 274 g/mol. The van der Waals surface area contributed by atoms with Crippen LogP contribution in [0.5, 0.6) is 0 Å². The molecule has 3 aromatic rings. The van der Waals surface area contributed by atoms with Gasteiger partial charge in [-0.15, -0.1) is 0 Å². The Morgan fingerprint density at radius 3 is 2.60 bits per heavy atom. The predicted octanol–water partition coefficient (Wildman–Crippen LogP) is 1.87. The number of rotatable bonds is 2. The molecule has 0 amide bonds. The molecule has 104 valence electrons. The van der Waals surface area contributed by atoms with E-state index < -0.39 is 0 Å². The molecule has 0 spiro atoms. The van der Waals surface area contributed by atoms with Crippen molar-refractivity contribution in [2.45, 2.75) is 32.3 Å². The summed E-state index contributed by atoms with van der Waals surface area (Å²) in [6.07, 6.45) is 2.68. The number of hydrogen-bond acceptors (Lipinski definition) is 5. The largest absolute Gasteiger partial charge is 0.316 e. The first kappa shape index (κ1) is 13.1. The number of aromatic amines is 1. The predicted molar refractivity (Wildman–Crippen MR) is 79.5 cm³/mol. The number of imidazole rings is 1. The summed E-state index contributed by atoms with van der Waals surface area (Å²) in [4.78, 5) is 28.6. The second-order valence-electron chi connectivity index (χ2n) is 4.60. The number of nitrogens with zero attached hydrogens (tertiary/aromatic N) is 4. The zero-order valence-electron chi connectivity index (χ0n) is 11.8. The molecule has 3 rings (SSSR count). The van der Waals surface area contributed by atoms with Crippen LogP contribution in [0.3, 0.4) is 0 Å². The van der Waals surface area contributed by atoms with Crippen LogP contribution in [-0.2, 0) is 6.42 Å². The average Bonchev–Trinajstić information content (AvgIpc) is 2.78. The number of aryl methyl sites for hydroxylation is 3. The zero-order chi connectivity index (χ0) is 14.4. The molecule has 0 atom stereocenters. The molecule has 6 nitrogen and oxygen atoms in total. The molecule has 3 heterocycles. The molecule has 0 aliphatic carbocycles. The topological polar surface area (TPSA) is 75.9 Å². The Morgan fingerprint density at radius 2 is 1.95 bits per heavy atom. The maximum atomic E-state index is 12.3. The quantitative estimate of drug-likeness (QED) is 0.575. The average molecular weight is 289 g/mol. The van der Waals surface area contributed by atoms with E-state index in [0.29, 0.717) is 21.8 Å². The highest BCUT2D eigenvalue weighted by atomic mass is 32.2. The molecule has 0 radical (unpaired) electrons. The highest BCUT2D eigenvalue weighted by Crippen LogP contribution is 2.20. The van der Waals surface area contributed by atoms with Gasteiger partial charge in [-0.25, -0.2) is 15.0 Å². The first-order valence-corrected chi connectivity index (χ1v) is 7.61. The maximum absolute atomic E-state index is 12.3. The van der Waals surface area contributed by atoms with Crippen LogP contribution >= 0.6 is 11.8 Å². The Morgan fingerprint density at radius 1 is 1.20 bits per heavy atom. The fourth-order valence-corrected chi connectivity index (χ4v) is 2.83. The van der Waals surface area contributed by atoms with Crippen molar-refractivity contribution in [3.05, 3.63) is 27.6 Å². The summed E-state index contributed by atoms with van der Waals surface area (Å²) < 4.78 is 1.86. The van der Waals surface area contributed by atoms with Crippen LogP contribution in [0.15, 0.2) is 9.95 Å². The van der Waals surface area contributed by atoms with Gasteiger partial charge in [0.1, 0.15) is 16.9 Å². The van der Waals surface area contributed by atoms with E-state index in [1.807, 2.05) is 31.4 Å². The van der Waals surface area contributed by atoms with Crippen molar-refractivity contribution in [3.63, 3.8) is 0 Å². The van der Waals surface area contributed by atoms with E-state index in [-0.39, 0.29) is 5.56 Å². The highest BCUT2D eigenvalue weighted by Gasteiger charge is 2.16. The minimum absolute atomic E-state index is 0.147. The Hall–Kier alpha value is -1.89. The van der Waals surface area contributed by atoms with Crippen LogP contribution in [-0.4, -0.2) is 30.6 Å². The van der Waals surface area contributed by atoms with Gasteiger partial charge in [0, 0.05) is 6.42 Å². The molecule has 0 aliphatic heterocycles. The minimum atomic E-state index is -0.147. The maximum Gasteiger partial charge on any atom is 0.274 e. The summed E-state index contributed by atoms with van der Waals surface area (Å²) in [5.41, 5.74) is 3.31. The molecule has 0 bridgehead atoms. The molecule has 0 saturated heterocycles. The number of hydrogen-bond donors (Lipinski definition) is 1. The van der Waals surface area contributed by atoms with E-state index in [1.165, 1.54) is 11.8 Å². The van der Waals surface area contributed by atoms with Gasteiger partial charge in [-0.3, -0.25) is 9.20 Å². The molecule has 0 aromatic carbocycles. The molecule has 0 aliphatic rings. The molecule has 20 heavy (non-hydrogen) atoms. The third-order valence-electron chi connectivity index (χ3n) is 3.34. The van der Waals surface area contributed by atoms with Crippen LogP contribution in [0.4, 0.5) is 0 Å². The van der Waals surface area contributed by atoms with Gasteiger partial charge in [-0.2, -0.15) is 0 Å². The van der Waals surface area contributed by atoms with Crippen molar-refractivity contribution in [3.8, 4) is 0 Å². The van der Waals surface area contributed by atoms with Crippen molar-refractivity contribution in [1.29, 1.82) is 0 Å². The van der Waals surface area contributed by atoms with Gasteiger partial charge in [0.15, 0.2) is 10.8 Å². The van der Waals surface area contributed by atoms with Gasteiger partial charge in [0.05, 0.1) is 11.4 Å². The lowest BCUT2D eigenvalue weighted by Gasteiger charge is -2.07. The van der Waals surface area contributed by atoms with Crippen molar-refractivity contribution >= 4 is 28.4 Å². The standard InChI is InChI=1S/C13H15N5OS/c1-5-8-14-7(3)10-12(19)16-9-6(2)15-13(20-4)17-11(9)18(8)10/h5H2,1-4H3,(H,16,19). The van der Waals surface area contributed by atoms with E-state index in [9.17, 15) is 4.79 Å². The number of nitrogens with one attached hydrogen (secondary N) is 1. The first-order valence-electron chi connectivity index (χ1n) is 6.39. The van der Waals surface area contributed by atoms with Crippen molar-refractivity contribution < 1.29 is 0 Å². The van der Waals surface area contributed by atoms with Crippen LogP contribution in [0.2, 0.25) is 0 Å². The van der Waals surface area contributed by atoms with Gasteiger partial charge in [0.25, 0.3) is 5.56 Å². The van der Waals surface area contributed by atoms with Gasteiger partial charge in [-0.05, 0) is 20.1 Å². The van der Waals surface area contributed by atoms with Crippen molar-refractivity contribution in [2.24, 2.45) is 0 Å². The van der Waals surface area contributed by atoms with Gasteiger partial charge in [0.2, 0.25) is 0 Å². The number of aromatic nitrogens is 5. The lowest BCUT2D eigenvalue weighted by atomic mass is 10.3. The second-order valence-corrected chi connectivity index (χ2v) is 5.37. The molecule has 0 fully saturated rings. The van der Waals surface area contributed by atoms with E-state index in [2.05, 4.69) is 19.9 Å². The van der Waals surface area contributed by atoms with E-state index in [4.69, 9.17) is 0 Å². The lowest BCUT2D eigenvalue weighted by molar-refractivity contribution is 0.897. The first-order chi connectivity index (χ1) is 9.56. The third-order valence-corrected chi connectivity index (χ3v) is 3.88. The Kier molecular flexibility index (Phi) is 3.01. The summed E-state index contributed by atoms with van der Waals surface area (Å²) in [6.45, 7) is 5.74. The normalized spacial score (nSPS) is 11.6. The van der Waals surface area contributed by atoms with E-state index in [1.54, 1.807) is 0 Å². The minimum Gasteiger partial charge on any atom is -0.316 e. The van der Waals surface area contributed by atoms with Gasteiger partial charge in [-0.1, -0.05) is 18.7 Å². The molecular formula is C13H15N5OS. The third kappa shape index (κ3) is 1.73. The van der Waals surface area contributed by atoms with E-state index in [0.717, 1.165) is 23.6 Å². The molecule has 0 unspecified atom stereocenters. The summed E-state index contributed by atoms with van der Waals surface area (Å²) in [7, 11) is 0. The second kappa shape index (κ2) is 4.59. The fourth-order valence-electron chi connectivity index (χ4n) is 2.42. The summed E-state index contributed by atoms with van der Waals surface area (Å²) in [5.74, 6) is 0.846. The van der Waals surface area contributed by atoms with Crippen molar-refractivity contribution in [2.75, 3.05) is 6.26 Å². The SMILES string of the molecule is CCc1nc(C)c2c(=O)[nH]c3c(C)nc(SC)nc3n12. The smallest absolute Gasteiger partial charge is 0.274 e. The highest BCUT2D eigenvalue weighted by molar-refractivity contribution is 7.98. The fraction of sp³-hybridized carbons (Fsp3) is 0.385. The summed E-state index contributed by atoms with van der Waals surface area (Å²) >= 11 is 1.48. The summed E-state index contributed by atoms with van der Waals surface area (Å²) in [5, 5.41) is 0.691. The Bertz CT molecular complexity index is 880.